The number of hydrogen-bond donors (Lipinski definition) is 0. The van der Waals surface area contributed by atoms with Crippen molar-refractivity contribution in [2.24, 2.45) is 0 Å². The zero-order valence-corrected chi connectivity index (χ0v) is 11.1. The second kappa shape index (κ2) is 5.84. The molecular formula is C13H22N2O2. The lowest BCUT2D eigenvalue weighted by molar-refractivity contribution is -0.159. The topological polar surface area (TPSA) is 44.1 Å². The molecule has 4 nitrogen and oxygen atoms in total. The monoisotopic (exact) mass is 238 g/mol. The Morgan fingerprint density at radius 1 is 1.47 bits per heavy atom. The molecule has 4 heteroatoms. The van der Waals surface area contributed by atoms with Gasteiger partial charge in [-0.05, 0) is 27.2 Å². The predicted octanol–water partition coefficient (Wildman–Crippen LogP) is 2.96. The fraction of sp³-hybridized carbons (Fsp3) is 0.692. The third kappa shape index (κ3) is 4.59. The van der Waals surface area contributed by atoms with Crippen LogP contribution in [0.2, 0.25) is 0 Å². The Labute approximate surface area is 103 Å². The summed E-state index contributed by atoms with van der Waals surface area (Å²) in [7, 11) is 0. The van der Waals surface area contributed by atoms with E-state index in [1.165, 1.54) is 0 Å². The average Bonchev–Trinajstić information content (AvgIpc) is 2.68. The van der Waals surface area contributed by atoms with Crippen molar-refractivity contribution in [1.29, 1.82) is 0 Å². The molecule has 96 valence electrons. The van der Waals surface area contributed by atoms with Crippen LogP contribution in [0.15, 0.2) is 18.7 Å². The van der Waals surface area contributed by atoms with Crippen LogP contribution in [0.25, 0.3) is 0 Å². The quantitative estimate of drug-likeness (QED) is 0.741. The molecule has 0 bridgehead atoms. The first-order valence-corrected chi connectivity index (χ1v) is 6.14. The first kappa shape index (κ1) is 13.7. The molecule has 0 radical (unpaired) electrons. The lowest BCUT2D eigenvalue weighted by atomic mass is 10.1. The summed E-state index contributed by atoms with van der Waals surface area (Å²) in [6.07, 6.45) is 8.02. The molecule has 0 saturated carbocycles. The van der Waals surface area contributed by atoms with Crippen molar-refractivity contribution in [2.75, 3.05) is 0 Å². The minimum Gasteiger partial charge on any atom is -0.458 e. The van der Waals surface area contributed by atoms with Crippen LogP contribution in [-0.2, 0) is 9.53 Å². The summed E-state index contributed by atoms with van der Waals surface area (Å²) in [6, 6.07) is -0.253. The first-order valence-electron chi connectivity index (χ1n) is 6.14. The number of hydrogen-bond acceptors (Lipinski definition) is 3. The molecule has 0 amide bonds. The van der Waals surface area contributed by atoms with Gasteiger partial charge in [0.15, 0.2) is 0 Å². The Hall–Kier alpha value is -1.32. The van der Waals surface area contributed by atoms with Crippen LogP contribution in [0.1, 0.15) is 53.0 Å². The van der Waals surface area contributed by atoms with E-state index < -0.39 is 5.60 Å². The van der Waals surface area contributed by atoms with Gasteiger partial charge in [0.05, 0.1) is 6.33 Å². The van der Waals surface area contributed by atoms with Crippen LogP contribution >= 0.6 is 0 Å². The van der Waals surface area contributed by atoms with Gasteiger partial charge in [-0.2, -0.15) is 0 Å². The number of ether oxygens (including phenoxy) is 1. The molecule has 0 spiro atoms. The van der Waals surface area contributed by atoms with E-state index in [1.54, 1.807) is 12.5 Å². The number of carbonyl (C=O) groups is 1. The summed E-state index contributed by atoms with van der Waals surface area (Å²) in [5.74, 6) is -0.177. The molecule has 0 fully saturated rings. The summed E-state index contributed by atoms with van der Waals surface area (Å²) >= 11 is 0. The fourth-order valence-corrected chi connectivity index (χ4v) is 1.61. The van der Waals surface area contributed by atoms with Gasteiger partial charge in [-0.25, -0.2) is 9.78 Å². The van der Waals surface area contributed by atoms with E-state index in [9.17, 15) is 4.79 Å². The van der Waals surface area contributed by atoms with Crippen molar-refractivity contribution in [3.8, 4) is 0 Å². The minimum atomic E-state index is -0.442. The molecule has 0 aromatic carbocycles. The van der Waals surface area contributed by atoms with Gasteiger partial charge >= 0.3 is 5.97 Å². The Morgan fingerprint density at radius 3 is 2.65 bits per heavy atom. The van der Waals surface area contributed by atoms with Crippen LogP contribution in [-0.4, -0.2) is 21.1 Å². The highest BCUT2D eigenvalue weighted by molar-refractivity contribution is 5.74. The van der Waals surface area contributed by atoms with Gasteiger partial charge in [0.25, 0.3) is 0 Å². The normalized spacial score (nSPS) is 13.4. The summed E-state index contributed by atoms with van der Waals surface area (Å²) in [5, 5.41) is 0. The molecule has 17 heavy (non-hydrogen) atoms. The number of nitrogens with zero attached hydrogens (tertiary/aromatic N) is 2. The van der Waals surface area contributed by atoms with E-state index in [2.05, 4.69) is 11.9 Å². The molecule has 0 saturated heterocycles. The Kier molecular flexibility index (Phi) is 4.73. The second-order valence-electron chi connectivity index (χ2n) is 5.20. The molecule has 0 aliphatic carbocycles. The largest absolute Gasteiger partial charge is 0.458 e. The van der Waals surface area contributed by atoms with Crippen molar-refractivity contribution < 1.29 is 9.53 Å². The summed E-state index contributed by atoms with van der Waals surface area (Å²) < 4.78 is 7.26. The molecule has 1 heterocycles. The smallest absolute Gasteiger partial charge is 0.329 e. The summed E-state index contributed by atoms with van der Waals surface area (Å²) in [4.78, 5) is 16.1. The third-order valence-electron chi connectivity index (χ3n) is 2.39. The second-order valence-corrected chi connectivity index (χ2v) is 5.20. The fourth-order valence-electron chi connectivity index (χ4n) is 1.61. The predicted molar refractivity (Wildman–Crippen MR) is 66.6 cm³/mol. The number of unbranched alkanes of at least 4 members (excludes halogenated alkanes) is 1. The Balaban J connectivity index is 2.73. The van der Waals surface area contributed by atoms with E-state index in [0.717, 1.165) is 19.3 Å². The molecule has 1 aromatic rings. The number of esters is 1. The van der Waals surface area contributed by atoms with E-state index in [4.69, 9.17) is 4.74 Å². The van der Waals surface area contributed by atoms with Crippen molar-refractivity contribution in [3.05, 3.63) is 18.7 Å². The number of aromatic nitrogens is 2. The highest BCUT2D eigenvalue weighted by Gasteiger charge is 2.25. The van der Waals surface area contributed by atoms with Crippen LogP contribution in [0.4, 0.5) is 0 Å². The number of carbonyl (C=O) groups excluding carboxylic acids is 1. The maximum atomic E-state index is 12.1. The molecule has 0 aliphatic rings. The van der Waals surface area contributed by atoms with Gasteiger partial charge < -0.3 is 9.30 Å². The van der Waals surface area contributed by atoms with Crippen molar-refractivity contribution in [1.82, 2.24) is 9.55 Å². The third-order valence-corrected chi connectivity index (χ3v) is 2.39. The van der Waals surface area contributed by atoms with Crippen molar-refractivity contribution in [2.45, 2.75) is 58.6 Å². The SMILES string of the molecule is CCCCC(C(=O)OC(C)(C)C)n1ccnc1. The van der Waals surface area contributed by atoms with E-state index in [0.29, 0.717) is 0 Å². The average molecular weight is 238 g/mol. The van der Waals surface area contributed by atoms with Crippen LogP contribution in [0.3, 0.4) is 0 Å². The van der Waals surface area contributed by atoms with Crippen LogP contribution in [0.5, 0.6) is 0 Å². The van der Waals surface area contributed by atoms with Crippen molar-refractivity contribution in [3.63, 3.8) is 0 Å². The van der Waals surface area contributed by atoms with E-state index in [1.807, 2.05) is 31.5 Å². The molecule has 1 atom stereocenters. The van der Waals surface area contributed by atoms with Crippen LogP contribution in [0, 0.1) is 0 Å². The van der Waals surface area contributed by atoms with E-state index >= 15 is 0 Å². The molecule has 0 N–H and O–H groups in total. The van der Waals surface area contributed by atoms with E-state index in [-0.39, 0.29) is 12.0 Å². The highest BCUT2D eigenvalue weighted by Crippen LogP contribution is 2.20. The maximum absolute atomic E-state index is 12.1. The number of rotatable bonds is 5. The van der Waals surface area contributed by atoms with Gasteiger partial charge in [-0.15, -0.1) is 0 Å². The molecular weight excluding hydrogens is 216 g/mol. The molecule has 1 rings (SSSR count). The lowest BCUT2D eigenvalue weighted by Crippen LogP contribution is -2.30. The van der Waals surface area contributed by atoms with Crippen molar-refractivity contribution >= 4 is 5.97 Å². The lowest BCUT2D eigenvalue weighted by Gasteiger charge is -2.24. The Bertz CT molecular complexity index is 339. The summed E-state index contributed by atoms with van der Waals surface area (Å²) in [6.45, 7) is 7.77. The zero-order chi connectivity index (χ0) is 12.9. The van der Waals surface area contributed by atoms with Gasteiger partial charge in [-0.1, -0.05) is 19.8 Å². The summed E-state index contributed by atoms with van der Waals surface area (Å²) in [5.41, 5.74) is -0.442. The highest BCUT2D eigenvalue weighted by atomic mass is 16.6. The zero-order valence-electron chi connectivity index (χ0n) is 11.1. The van der Waals surface area contributed by atoms with Gasteiger partial charge in [0, 0.05) is 12.4 Å². The first-order chi connectivity index (χ1) is 7.94. The molecule has 1 aromatic heterocycles. The van der Waals surface area contributed by atoms with Crippen LogP contribution < -0.4 is 0 Å². The van der Waals surface area contributed by atoms with Gasteiger partial charge in [0.1, 0.15) is 11.6 Å². The van der Waals surface area contributed by atoms with Gasteiger partial charge in [0.2, 0.25) is 0 Å². The maximum Gasteiger partial charge on any atom is 0.329 e. The standard InChI is InChI=1S/C13H22N2O2/c1-5-6-7-11(15-9-8-14-10-15)12(16)17-13(2,3)4/h8-11H,5-7H2,1-4H3. The molecule has 0 aliphatic heterocycles. The minimum absolute atomic E-state index is 0.177. The molecule has 1 unspecified atom stereocenters. The Morgan fingerprint density at radius 2 is 2.18 bits per heavy atom. The number of imidazole rings is 1. The van der Waals surface area contributed by atoms with Gasteiger partial charge in [-0.3, -0.25) is 0 Å².